The van der Waals surface area contributed by atoms with Gasteiger partial charge in [0.25, 0.3) is 0 Å². The average molecular weight is 327 g/mol. The fourth-order valence-electron chi connectivity index (χ4n) is 1.52. The summed E-state index contributed by atoms with van der Waals surface area (Å²) in [5.41, 5.74) is 0.584. The highest BCUT2D eigenvalue weighted by Gasteiger charge is 2.15. The molecule has 0 bridgehead atoms. The lowest BCUT2D eigenvalue weighted by molar-refractivity contribution is -0.115. The zero-order valence-electron chi connectivity index (χ0n) is 10.6. The Labute approximate surface area is 131 Å². The van der Waals surface area contributed by atoms with Gasteiger partial charge in [0, 0.05) is 21.9 Å². The van der Waals surface area contributed by atoms with Crippen LogP contribution in [-0.4, -0.2) is 16.1 Å². The molecule has 0 fully saturated rings. The molecule has 2 rings (SSSR count). The van der Waals surface area contributed by atoms with E-state index in [4.69, 9.17) is 23.2 Å². The minimum atomic E-state index is -0.275. The van der Waals surface area contributed by atoms with Crippen LogP contribution in [0.15, 0.2) is 47.6 Å². The van der Waals surface area contributed by atoms with Gasteiger partial charge in [0.15, 0.2) is 0 Å². The first-order valence-corrected chi connectivity index (χ1v) is 7.53. The van der Waals surface area contributed by atoms with Crippen LogP contribution in [0.2, 0.25) is 10.0 Å². The monoisotopic (exact) mass is 326 g/mol. The van der Waals surface area contributed by atoms with Gasteiger partial charge in [0.2, 0.25) is 5.91 Å². The fraction of sp³-hybridized carbons (Fsp3) is 0.143. The van der Waals surface area contributed by atoms with Gasteiger partial charge in [-0.05, 0) is 37.3 Å². The maximum absolute atomic E-state index is 12.1. The summed E-state index contributed by atoms with van der Waals surface area (Å²) in [6, 6.07) is 10.5. The van der Waals surface area contributed by atoms with Gasteiger partial charge in [0.1, 0.15) is 0 Å². The quantitative estimate of drug-likeness (QED) is 0.840. The number of amides is 1. The van der Waals surface area contributed by atoms with Crippen LogP contribution in [0.4, 0.5) is 5.69 Å². The standard InChI is InChI=1S/C14H12Cl2N2OS/c1-9(20-13-4-2-3-5-17-13)14(19)18-12-7-10(15)6-11(16)8-12/h2-9H,1H3,(H,18,19). The summed E-state index contributed by atoms with van der Waals surface area (Å²) >= 11 is 13.2. The Bertz CT molecular complexity index is 587. The van der Waals surface area contributed by atoms with Crippen molar-refractivity contribution in [1.82, 2.24) is 4.98 Å². The summed E-state index contributed by atoms with van der Waals surface area (Å²) in [6.45, 7) is 1.82. The van der Waals surface area contributed by atoms with E-state index in [1.807, 2.05) is 25.1 Å². The molecule has 1 unspecified atom stereocenters. The number of hydrogen-bond donors (Lipinski definition) is 1. The van der Waals surface area contributed by atoms with Gasteiger partial charge in [-0.25, -0.2) is 4.98 Å². The minimum Gasteiger partial charge on any atom is -0.325 e. The Kier molecular flexibility index (Phi) is 5.29. The van der Waals surface area contributed by atoms with Gasteiger partial charge in [0.05, 0.1) is 10.3 Å². The summed E-state index contributed by atoms with van der Waals surface area (Å²) in [6.07, 6.45) is 1.70. The summed E-state index contributed by atoms with van der Waals surface area (Å²) in [5.74, 6) is -0.126. The van der Waals surface area contributed by atoms with Crippen molar-refractivity contribution < 1.29 is 4.79 Å². The Morgan fingerprint density at radius 1 is 1.25 bits per heavy atom. The molecule has 0 aliphatic heterocycles. The van der Waals surface area contributed by atoms with Gasteiger partial charge in [-0.1, -0.05) is 41.0 Å². The number of halogens is 2. The van der Waals surface area contributed by atoms with Crippen molar-refractivity contribution in [3.63, 3.8) is 0 Å². The molecule has 1 aromatic heterocycles. The molecular weight excluding hydrogens is 315 g/mol. The number of thioether (sulfide) groups is 1. The molecule has 1 atom stereocenters. The van der Waals surface area contributed by atoms with Crippen molar-refractivity contribution >= 4 is 46.6 Å². The number of nitrogens with one attached hydrogen (secondary N) is 1. The Balaban J connectivity index is 2.00. The number of hydrogen-bond acceptors (Lipinski definition) is 3. The van der Waals surface area contributed by atoms with Gasteiger partial charge >= 0.3 is 0 Å². The van der Waals surface area contributed by atoms with E-state index < -0.39 is 0 Å². The van der Waals surface area contributed by atoms with Gasteiger partial charge < -0.3 is 5.32 Å². The minimum absolute atomic E-state index is 0.126. The van der Waals surface area contributed by atoms with E-state index in [0.29, 0.717) is 15.7 Å². The third-order valence-corrected chi connectivity index (χ3v) is 3.92. The van der Waals surface area contributed by atoms with Crippen molar-refractivity contribution in [2.75, 3.05) is 5.32 Å². The second-order valence-corrected chi connectivity index (χ2v) is 6.31. The lowest BCUT2D eigenvalue weighted by Gasteiger charge is -2.12. The van der Waals surface area contributed by atoms with Crippen LogP contribution < -0.4 is 5.32 Å². The van der Waals surface area contributed by atoms with E-state index in [2.05, 4.69) is 10.3 Å². The van der Waals surface area contributed by atoms with Crippen LogP contribution in [0.25, 0.3) is 0 Å². The number of benzene rings is 1. The second-order valence-electron chi connectivity index (χ2n) is 4.08. The smallest absolute Gasteiger partial charge is 0.237 e. The largest absolute Gasteiger partial charge is 0.325 e. The normalized spacial score (nSPS) is 11.9. The van der Waals surface area contributed by atoms with Crippen molar-refractivity contribution in [2.45, 2.75) is 17.2 Å². The first-order valence-electron chi connectivity index (χ1n) is 5.89. The first-order chi connectivity index (χ1) is 9.54. The number of carbonyl (C=O) groups is 1. The Morgan fingerprint density at radius 3 is 2.55 bits per heavy atom. The fourth-order valence-corrected chi connectivity index (χ4v) is 2.85. The molecule has 1 amide bonds. The van der Waals surface area contributed by atoms with E-state index in [9.17, 15) is 4.79 Å². The predicted octanol–water partition coefficient (Wildman–Crippen LogP) is 4.51. The molecular formula is C14H12Cl2N2OS. The molecule has 0 radical (unpaired) electrons. The Hall–Kier alpha value is -1.23. The van der Waals surface area contributed by atoms with Gasteiger partial charge in [-0.3, -0.25) is 4.79 Å². The molecule has 0 spiro atoms. The maximum Gasteiger partial charge on any atom is 0.237 e. The number of pyridine rings is 1. The molecule has 1 heterocycles. The van der Waals surface area contributed by atoms with E-state index in [1.165, 1.54) is 11.8 Å². The number of aromatic nitrogens is 1. The zero-order valence-corrected chi connectivity index (χ0v) is 13.0. The topological polar surface area (TPSA) is 42.0 Å². The molecule has 0 aliphatic carbocycles. The van der Waals surface area contributed by atoms with Crippen LogP contribution >= 0.6 is 35.0 Å². The van der Waals surface area contributed by atoms with Crippen molar-refractivity contribution in [3.05, 3.63) is 52.6 Å². The van der Waals surface area contributed by atoms with Gasteiger partial charge in [-0.15, -0.1) is 0 Å². The van der Waals surface area contributed by atoms with E-state index in [0.717, 1.165) is 5.03 Å². The van der Waals surface area contributed by atoms with E-state index >= 15 is 0 Å². The van der Waals surface area contributed by atoms with Crippen molar-refractivity contribution in [2.24, 2.45) is 0 Å². The summed E-state index contributed by atoms with van der Waals surface area (Å²) in [7, 11) is 0. The number of rotatable bonds is 4. The highest BCUT2D eigenvalue weighted by molar-refractivity contribution is 8.00. The average Bonchev–Trinajstić information content (AvgIpc) is 2.38. The summed E-state index contributed by atoms with van der Waals surface area (Å²) in [5, 5.41) is 4.28. The van der Waals surface area contributed by atoms with Crippen molar-refractivity contribution in [3.8, 4) is 0 Å². The molecule has 1 N–H and O–H groups in total. The number of carbonyl (C=O) groups excluding carboxylic acids is 1. The number of anilines is 1. The number of nitrogens with zero attached hydrogens (tertiary/aromatic N) is 1. The molecule has 0 saturated carbocycles. The van der Waals surface area contributed by atoms with Crippen molar-refractivity contribution in [1.29, 1.82) is 0 Å². The highest BCUT2D eigenvalue weighted by atomic mass is 35.5. The van der Waals surface area contributed by atoms with Crippen LogP contribution in [0.3, 0.4) is 0 Å². The lowest BCUT2D eigenvalue weighted by Crippen LogP contribution is -2.22. The highest BCUT2D eigenvalue weighted by Crippen LogP contribution is 2.25. The molecule has 104 valence electrons. The summed E-state index contributed by atoms with van der Waals surface area (Å²) in [4.78, 5) is 16.3. The Morgan fingerprint density at radius 2 is 1.95 bits per heavy atom. The van der Waals surface area contributed by atoms with Crippen LogP contribution in [0.1, 0.15) is 6.92 Å². The third kappa shape index (κ3) is 4.40. The molecule has 3 nitrogen and oxygen atoms in total. The molecule has 0 saturated heterocycles. The third-order valence-electron chi connectivity index (χ3n) is 2.43. The van der Waals surface area contributed by atoms with Crippen LogP contribution in [0.5, 0.6) is 0 Å². The molecule has 1 aromatic carbocycles. The van der Waals surface area contributed by atoms with E-state index in [1.54, 1.807) is 24.4 Å². The maximum atomic E-state index is 12.1. The first kappa shape index (κ1) is 15.2. The van der Waals surface area contributed by atoms with Gasteiger partial charge in [-0.2, -0.15) is 0 Å². The molecule has 2 aromatic rings. The molecule has 6 heteroatoms. The SMILES string of the molecule is CC(Sc1ccccn1)C(=O)Nc1cc(Cl)cc(Cl)c1. The predicted molar refractivity (Wildman–Crippen MR) is 84.6 cm³/mol. The van der Waals surface area contributed by atoms with E-state index in [-0.39, 0.29) is 11.2 Å². The lowest BCUT2D eigenvalue weighted by atomic mass is 10.3. The van der Waals surface area contributed by atoms with Crippen LogP contribution in [-0.2, 0) is 4.79 Å². The molecule has 0 aliphatic rings. The molecule has 20 heavy (non-hydrogen) atoms. The second kappa shape index (κ2) is 6.97. The summed E-state index contributed by atoms with van der Waals surface area (Å²) < 4.78 is 0. The van der Waals surface area contributed by atoms with Crippen LogP contribution in [0, 0.1) is 0 Å². The zero-order chi connectivity index (χ0) is 14.5.